The monoisotopic (exact) mass is 413 g/mol. The van der Waals surface area contributed by atoms with Crippen LogP contribution in [0.15, 0.2) is 47.1 Å². The lowest BCUT2D eigenvalue weighted by Gasteiger charge is -2.16. The first-order valence-electron chi connectivity index (χ1n) is 9.94. The predicted octanol–water partition coefficient (Wildman–Crippen LogP) is 1.86. The first kappa shape index (κ1) is 23.0. The van der Waals surface area contributed by atoms with Crippen molar-refractivity contribution in [1.29, 1.82) is 0 Å². The van der Waals surface area contributed by atoms with Crippen molar-refractivity contribution < 1.29 is 14.3 Å². The molecule has 5 N–H and O–H groups in total. The second kappa shape index (κ2) is 11.0. The maximum absolute atomic E-state index is 12.7. The SMILES string of the molecule is COC(=O)[C@H](CCCN=C(N)N)NC(=O)Cc1cn(CC=C(C)C)c2ccccc12. The van der Waals surface area contributed by atoms with Crippen molar-refractivity contribution in [1.82, 2.24) is 9.88 Å². The number of fused-ring (bicyclic) bond motifs is 1. The molecule has 0 radical (unpaired) electrons. The standard InChI is InChI=1S/C22H31N5O3/c1-15(2)10-12-27-14-16(17-7-4-5-9-19(17)27)13-20(28)26-18(21(29)30-3)8-6-11-25-22(23)24/h4-5,7,9-10,14,18H,6,8,11-13H2,1-3H3,(H,26,28)(H4,23,24,25)/t18-/m0/s1. The molecule has 30 heavy (non-hydrogen) atoms. The van der Waals surface area contributed by atoms with Crippen LogP contribution in [0, 0.1) is 0 Å². The third-order valence-electron chi connectivity index (χ3n) is 4.68. The van der Waals surface area contributed by atoms with Gasteiger partial charge in [0.15, 0.2) is 5.96 Å². The Morgan fingerprint density at radius 1 is 1.27 bits per heavy atom. The number of guanidine groups is 1. The molecule has 1 atom stereocenters. The van der Waals surface area contributed by atoms with Crippen LogP contribution in [0.4, 0.5) is 0 Å². The lowest BCUT2D eigenvalue weighted by atomic mass is 10.1. The molecule has 0 aliphatic rings. The quantitative estimate of drug-likeness (QED) is 0.180. The van der Waals surface area contributed by atoms with Crippen LogP contribution in [0.1, 0.15) is 32.3 Å². The van der Waals surface area contributed by atoms with E-state index in [9.17, 15) is 9.59 Å². The molecule has 2 rings (SSSR count). The van der Waals surface area contributed by atoms with Crippen molar-refractivity contribution in [2.75, 3.05) is 13.7 Å². The van der Waals surface area contributed by atoms with E-state index in [2.05, 4.69) is 34.8 Å². The summed E-state index contributed by atoms with van der Waals surface area (Å²) in [7, 11) is 1.30. The minimum atomic E-state index is -0.740. The molecule has 2 aromatic rings. The highest BCUT2D eigenvalue weighted by molar-refractivity contribution is 5.91. The molecule has 0 aliphatic heterocycles. The Bertz CT molecular complexity index is 937. The van der Waals surface area contributed by atoms with Gasteiger partial charge < -0.3 is 26.1 Å². The molecular formula is C22H31N5O3. The van der Waals surface area contributed by atoms with E-state index in [1.54, 1.807) is 0 Å². The van der Waals surface area contributed by atoms with Crippen molar-refractivity contribution in [2.45, 2.75) is 45.7 Å². The van der Waals surface area contributed by atoms with Crippen LogP contribution in [-0.2, 0) is 27.3 Å². The number of allylic oxidation sites excluding steroid dienone is 2. The van der Waals surface area contributed by atoms with Crippen LogP contribution >= 0.6 is 0 Å². The maximum atomic E-state index is 12.7. The van der Waals surface area contributed by atoms with Gasteiger partial charge in [-0.1, -0.05) is 29.8 Å². The third kappa shape index (κ3) is 6.65. The fourth-order valence-electron chi connectivity index (χ4n) is 3.21. The zero-order valence-electron chi connectivity index (χ0n) is 17.9. The zero-order chi connectivity index (χ0) is 22.1. The highest BCUT2D eigenvalue weighted by atomic mass is 16.5. The molecule has 1 heterocycles. The van der Waals surface area contributed by atoms with Gasteiger partial charge in [0, 0.05) is 30.2 Å². The summed E-state index contributed by atoms with van der Waals surface area (Å²) in [4.78, 5) is 28.7. The maximum Gasteiger partial charge on any atom is 0.328 e. The molecule has 0 bridgehead atoms. The lowest BCUT2D eigenvalue weighted by Crippen LogP contribution is -2.42. The first-order valence-corrected chi connectivity index (χ1v) is 9.94. The molecular weight excluding hydrogens is 382 g/mol. The van der Waals surface area contributed by atoms with E-state index in [1.165, 1.54) is 12.7 Å². The van der Waals surface area contributed by atoms with E-state index in [-0.39, 0.29) is 18.3 Å². The average molecular weight is 414 g/mol. The van der Waals surface area contributed by atoms with Gasteiger partial charge in [-0.25, -0.2) is 4.79 Å². The topological polar surface area (TPSA) is 125 Å². The van der Waals surface area contributed by atoms with E-state index in [1.807, 2.05) is 30.5 Å². The van der Waals surface area contributed by atoms with Gasteiger partial charge in [0.1, 0.15) is 6.04 Å². The number of rotatable bonds is 10. The number of aromatic nitrogens is 1. The largest absolute Gasteiger partial charge is 0.467 e. The summed E-state index contributed by atoms with van der Waals surface area (Å²) in [5.74, 6) is -0.727. The van der Waals surface area contributed by atoms with Gasteiger partial charge in [0.05, 0.1) is 13.5 Å². The average Bonchev–Trinajstić information content (AvgIpc) is 3.05. The summed E-state index contributed by atoms with van der Waals surface area (Å²) >= 11 is 0. The summed E-state index contributed by atoms with van der Waals surface area (Å²) in [5, 5.41) is 3.81. The molecule has 8 nitrogen and oxygen atoms in total. The Hall–Kier alpha value is -3.29. The molecule has 1 aromatic carbocycles. The summed E-state index contributed by atoms with van der Waals surface area (Å²) in [6.07, 6.45) is 5.23. The Balaban J connectivity index is 2.11. The van der Waals surface area contributed by atoms with E-state index in [0.717, 1.165) is 23.0 Å². The molecule has 0 unspecified atom stereocenters. The summed E-state index contributed by atoms with van der Waals surface area (Å²) in [6, 6.07) is 7.24. The van der Waals surface area contributed by atoms with Gasteiger partial charge in [0.2, 0.25) is 5.91 Å². The number of nitrogens with two attached hydrogens (primary N) is 2. The van der Waals surface area contributed by atoms with Crippen molar-refractivity contribution in [3.05, 3.63) is 47.7 Å². The molecule has 0 saturated heterocycles. The molecule has 162 valence electrons. The van der Waals surface area contributed by atoms with E-state index in [4.69, 9.17) is 16.2 Å². The van der Waals surface area contributed by atoms with Crippen LogP contribution in [0.25, 0.3) is 10.9 Å². The van der Waals surface area contributed by atoms with Gasteiger partial charge in [-0.2, -0.15) is 0 Å². The second-order valence-corrected chi connectivity index (χ2v) is 7.37. The number of para-hydroxylation sites is 1. The molecule has 8 heteroatoms. The number of ether oxygens (including phenoxy) is 1. The third-order valence-corrected chi connectivity index (χ3v) is 4.68. The number of carbonyl (C=O) groups is 2. The number of methoxy groups -OCH3 is 1. The van der Waals surface area contributed by atoms with Crippen LogP contribution in [0.3, 0.4) is 0 Å². The summed E-state index contributed by atoms with van der Waals surface area (Å²) in [5.41, 5.74) is 13.8. The van der Waals surface area contributed by atoms with Gasteiger partial charge in [-0.15, -0.1) is 0 Å². The molecule has 1 aromatic heterocycles. The number of nitrogens with one attached hydrogen (secondary N) is 1. The Labute approximate surface area is 177 Å². The van der Waals surface area contributed by atoms with Crippen molar-refractivity contribution in [2.24, 2.45) is 16.5 Å². The van der Waals surface area contributed by atoms with Gasteiger partial charge in [0.25, 0.3) is 0 Å². The number of hydrogen-bond acceptors (Lipinski definition) is 4. The predicted molar refractivity (Wildman–Crippen MR) is 119 cm³/mol. The fourth-order valence-corrected chi connectivity index (χ4v) is 3.21. The number of hydrogen-bond donors (Lipinski definition) is 3. The number of nitrogens with zero attached hydrogens (tertiary/aromatic N) is 2. The zero-order valence-corrected chi connectivity index (χ0v) is 17.9. The van der Waals surface area contributed by atoms with Crippen LogP contribution in [0.5, 0.6) is 0 Å². The highest BCUT2D eigenvalue weighted by Gasteiger charge is 2.22. The van der Waals surface area contributed by atoms with E-state index >= 15 is 0 Å². The molecule has 0 aliphatic carbocycles. The second-order valence-electron chi connectivity index (χ2n) is 7.37. The lowest BCUT2D eigenvalue weighted by molar-refractivity contribution is -0.145. The smallest absolute Gasteiger partial charge is 0.328 e. The van der Waals surface area contributed by atoms with E-state index < -0.39 is 12.0 Å². The Morgan fingerprint density at radius 2 is 2.00 bits per heavy atom. The Morgan fingerprint density at radius 3 is 2.67 bits per heavy atom. The summed E-state index contributed by atoms with van der Waals surface area (Å²) in [6.45, 7) is 5.23. The van der Waals surface area contributed by atoms with Crippen molar-refractivity contribution in [3.8, 4) is 0 Å². The summed E-state index contributed by atoms with van der Waals surface area (Å²) < 4.78 is 6.94. The van der Waals surface area contributed by atoms with Gasteiger partial charge in [-0.05, 0) is 38.3 Å². The van der Waals surface area contributed by atoms with Crippen LogP contribution in [-0.4, -0.2) is 42.1 Å². The van der Waals surface area contributed by atoms with Crippen molar-refractivity contribution in [3.63, 3.8) is 0 Å². The number of aliphatic imine (C=N–C) groups is 1. The number of carbonyl (C=O) groups excluding carboxylic acids is 2. The van der Waals surface area contributed by atoms with Gasteiger partial charge >= 0.3 is 5.97 Å². The molecule has 0 fully saturated rings. The van der Waals surface area contributed by atoms with Crippen molar-refractivity contribution >= 4 is 28.7 Å². The normalized spacial score (nSPS) is 11.6. The minimum absolute atomic E-state index is 0.00171. The highest BCUT2D eigenvalue weighted by Crippen LogP contribution is 2.22. The van der Waals surface area contributed by atoms with E-state index in [0.29, 0.717) is 19.4 Å². The first-order chi connectivity index (χ1) is 14.3. The number of esters is 1. The molecule has 0 spiro atoms. The number of amides is 1. The number of benzene rings is 1. The van der Waals surface area contributed by atoms with Crippen LogP contribution in [0.2, 0.25) is 0 Å². The fraction of sp³-hybridized carbons (Fsp3) is 0.409. The Kier molecular flexibility index (Phi) is 8.46. The van der Waals surface area contributed by atoms with Gasteiger partial charge in [-0.3, -0.25) is 9.79 Å². The molecule has 0 saturated carbocycles. The van der Waals surface area contributed by atoms with Crippen LogP contribution < -0.4 is 16.8 Å². The minimum Gasteiger partial charge on any atom is -0.467 e. The molecule has 1 amide bonds.